The van der Waals surface area contributed by atoms with Crippen molar-refractivity contribution in [2.75, 3.05) is 77.6 Å². The number of hydrazone groups is 4. The van der Waals surface area contributed by atoms with Crippen molar-refractivity contribution in [2.45, 2.75) is 41.5 Å². The molecular weight excluding hydrogens is 1720 g/mol. The molecule has 0 unspecified atom stereocenters. The van der Waals surface area contributed by atoms with E-state index >= 15 is 0 Å². The Hall–Kier alpha value is -9.55. The number of fused-ring (bicyclic) bond motifs is 2. The fourth-order valence-corrected chi connectivity index (χ4v) is 11.7. The Labute approximate surface area is 596 Å². The number of aryl methyl sites for hydroxylation is 6. The van der Waals surface area contributed by atoms with Gasteiger partial charge in [-0.15, -0.1) is 69.1 Å². The van der Waals surface area contributed by atoms with Crippen LogP contribution >= 0.6 is 0 Å². The molecule has 0 radical (unpaired) electrons. The Balaban J connectivity index is 0.000000169. The van der Waals surface area contributed by atoms with E-state index < -0.39 is 0 Å². The first-order valence-corrected chi connectivity index (χ1v) is 29.7. The molecule has 0 aliphatic carbocycles. The van der Waals surface area contributed by atoms with Crippen molar-refractivity contribution in [3.63, 3.8) is 0 Å². The number of hydrogen-bond donors (Lipinski definition) is 0. The van der Waals surface area contributed by atoms with E-state index in [9.17, 15) is 0 Å². The Morgan fingerprint density at radius 3 is 1.20 bits per heavy atom. The van der Waals surface area contributed by atoms with Crippen molar-refractivity contribution in [1.82, 2.24) is 24.8 Å². The number of rotatable bonds is 10. The molecule has 0 spiro atoms. The number of anilines is 12. The van der Waals surface area contributed by atoms with Crippen molar-refractivity contribution in [3.8, 4) is 0 Å². The average Bonchev–Trinajstić information content (AvgIpc) is 1.66. The quantitative estimate of drug-likeness (QED) is 0.120. The van der Waals surface area contributed by atoms with Gasteiger partial charge in [0.05, 0.1) is 36.3 Å². The molecule has 95 heavy (non-hydrogen) atoms. The van der Waals surface area contributed by atoms with E-state index in [-0.39, 0.29) is 59.4 Å². The van der Waals surface area contributed by atoms with Gasteiger partial charge in [-0.1, -0.05) is 118 Å². The average molecular weight is 1780 g/mol. The third-order valence-electron chi connectivity index (χ3n) is 15.7. The van der Waals surface area contributed by atoms with Crippen molar-refractivity contribution in [1.29, 1.82) is 0 Å². The third-order valence-corrected chi connectivity index (χ3v) is 15.7. The van der Waals surface area contributed by atoms with Crippen LogP contribution in [-0.2, 0) is 59.4 Å². The predicted octanol–water partition coefficient (Wildman–Crippen LogP) is 13.7. The zero-order valence-corrected chi connectivity index (χ0v) is 61.3. The van der Waals surface area contributed by atoms with Crippen LogP contribution in [0.2, 0.25) is 0 Å². The summed E-state index contributed by atoms with van der Waals surface area (Å²) in [6.45, 7) is 31.8. The van der Waals surface area contributed by atoms with Crippen LogP contribution in [-0.4, -0.2) is 77.3 Å². The first-order chi connectivity index (χ1) is 44.6. The van der Waals surface area contributed by atoms with E-state index in [2.05, 4.69) is 172 Å². The summed E-state index contributed by atoms with van der Waals surface area (Å²) in [6.07, 6.45) is 10.6. The summed E-state index contributed by atoms with van der Waals surface area (Å²) in [6, 6.07) is 57.4. The van der Waals surface area contributed by atoms with Gasteiger partial charge in [0.2, 0.25) is 0 Å². The van der Waals surface area contributed by atoms with E-state index in [1.165, 1.54) is 33.4 Å². The zero-order chi connectivity index (χ0) is 63.7. The monoisotopic (exact) mass is 1790 g/mol. The molecule has 6 aliphatic heterocycles. The van der Waals surface area contributed by atoms with Gasteiger partial charge >= 0.3 is 0 Å². The second kappa shape index (κ2) is 29.4. The molecule has 23 heteroatoms. The molecular formula is C72H65N20Os3-9. The topological polar surface area (TPSA) is 131 Å². The Morgan fingerprint density at radius 2 is 0.811 bits per heavy atom. The smallest absolute Gasteiger partial charge is 0.130 e. The minimum absolute atomic E-state index is 0. The van der Waals surface area contributed by atoms with Gasteiger partial charge in [0.25, 0.3) is 0 Å². The standard InChI is InChI=1S/C40H37N6.C19H16N7.C13H12N7.3Os/c1-27-20-29(3)37(30(4)21-27)39-41-45(25-43(39)33-14-9-7-10-15-33)35-18-13-19-36(24-35)46-26-44(34-16-11-8-12-17-34)40(42-46)38-31(5)22-28(2)23-32(38)6;1-23-12-25(16-5-3-7-21-18(16)23)14-9-15(11-20-10-14)26-13-24(2)19-17(26)6-4-8-22-19;1-14-11-4-12(19-9-17(2)7-15-19)6-13(5-11)20-10-18(3)8-16-20;;;/h7-23,25-26H,1-6H3;3-8,10-13H,1-2H3;4-5,7-10H,2-3H3;;;/q3*-3;;;. The number of nitrogens with zero attached hydrogens (tertiary/aromatic N) is 20. The summed E-state index contributed by atoms with van der Waals surface area (Å²) in [5.41, 5.74) is 18.9. The SMILES string of the molecule is CN1[CH-]N(c2[c-]c(N3[CH-]N(C)c4ncccc43)cnc2)c2cccnc21.Cc1cc(C)c(C2=NN(c3[c-]c(N4[CH-]N(c5ccccc5)C(c5c(C)cc(C)cc5C)=N4)ccc3)[CH-]N2c2ccccc2)c(C)c1.[C-]#[N+]c1cc(N2[CH-]N(C)C=N2)[c-]c(N2[CH-]N(C)C=N2)c1.[Os].[Os].[Os]. The third kappa shape index (κ3) is 14.3. The first kappa shape index (κ1) is 68.3. The molecule has 6 aliphatic rings. The van der Waals surface area contributed by atoms with Crippen LogP contribution in [0.25, 0.3) is 4.85 Å². The maximum absolute atomic E-state index is 7.21. The first-order valence-electron chi connectivity index (χ1n) is 29.7. The van der Waals surface area contributed by atoms with E-state index in [1.54, 1.807) is 59.6 Å². The summed E-state index contributed by atoms with van der Waals surface area (Å²) < 4.78 is 0. The number of amidine groups is 2. The molecule has 486 valence electrons. The normalized spacial score (nSPS) is 15.0. The van der Waals surface area contributed by atoms with Gasteiger partial charge in [-0.2, -0.15) is 39.8 Å². The number of aromatic nitrogens is 3. The number of para-hydroxylation sites is 2. The van der Waals surface area contributed by atoms with Crippen LogP contribution in [0, 0.1) is 106 Å². The van der Waals surface area contributed by atoms with Crippen LogP contribution in [0.15, 0.2) is 185 Å². The molecule has 9 heterocycles. The van der Waals surface area contributed by atoms with Crippen molar-refractivity contribution >= 4 is 98.5 Å². The zero-order valence-electron chi connectivity index (χ0n) is 53.7. The van der Waals surface area contributed by atoms with Gasteiger partial charge in [-0.25, -0.2) is 9.97 Å². The Bertz CT molecular complexity index is 4100. The van der Waals surface area contributed by atoms with Crippen LogP contribution in [0.3, 0.4) is 0 Å². The molecule has 15 rings (SSSR count). The molecule has 0 bridgehead atoms. The van der Waals surface area contributed by atoms with Gasteiger partial charge in [0.15, 0.2) is 0 Å². The fraction of sp³-hybridized carbons (Fsp3) is 0.139. The van der Waals surface area contributed by atoms with Crippen LogP contribution in [0.1, 0.15) is 44.5 Å². The summed E-state index contributed by atoms with van der Waals surface area (Å²) in [7, 11) is 7.73. The van der Waals surface area contributed by atoms with Gasteiger partial charge in [0.1, 0.15) is 23.3 Å². The summed E-state index contributed by atoms with van der Waals surface area (Å²) in [5, 5.41) is 25.9. The fourth-order valence-electron chi connectivity index (χ4n) is 11.7. The summed E-state index contributed by atoms with van der Waals surface area (Å²) >= 11 is 0. The van der Waals surface area contributed by atoms with E-state index in [4.69, 9.17) is 16.8 Å². The van der Waals surface area contributed by atoms with Gasteiger partial charge in [0, 0.05) is 94.3 Å². The van der Waals surface area contributed by atoms with Crippen molar-refractivity contribution in [2.24, 2.45) is 20.4 Å². The molecule has 0 saturated heterocycles. The number of hydrogen-bond acceptors (Lipinski definition) is 19. The van der Waals surface area contributed by atoms with Gasteiger partial charge in [-0.05, 0) is 141 Å². The van der Waals surface area contributed by atoms with Crippen molar-refractivity contribution < 1.29 is 59.4 Å². The largest absolute Gasteiger partial charge is 0.493 e. The van der Waals surface area contributed by atoms with Crippen molar-refractivity contribution in [3.05, 3.63) is 278 Å². The van der Waals surface area contributed by atoms with Gasteiger partial charge in [-0.3, -0.25) is 4.85 Å². The molecule has 0 saturated carbocycles. The minimum Gasteiger partial charge on any atom is -0.493 e. The molecule has 9 aromatic rings. The van der Waals surface area contributed by atoms with E-state index in [0.717, 1.165) is 79.9 Å². The van der Waals surface area contributed by atoms with E-state index in [1.807, 2.05) is 162 Å². The number of benzene rings is 6. The second-order valence-electron chi connectivity index (χ2n) is 22.8. The molecule has 20 nitrogen and oxygen atoms in total. The minimum atomic E-state index is 0. The molecule has 0 N–H and O–H groups in total. The molecule has 3 aromatic heterocycles. The van der Waals surface area contributed by atoms with Gasteiger partial charge < -0.3 is 64.2 Å². The Kier molecular flexibility index (Phi) is 21.1. The maximum atomic E-state index is 7.21. The molecule has 0 atom stereocenters. The second-order valence-corrected chi connectivity index (χ2v) is 22.8. The predicted molar refractivity (Wildman–Crippen MR) is 370 cm³/mol. The number of pyridine rings is 3. The van der Waals surface area contributed by atoms with E-state index in [0.29, 0.717) is 17.1 Å². The Morgan fingerprint density at radius 1 is 0.411 bits per heavy atom. The van der Waals surface area contributed by atoms with Crippen LogP contribution < -0.4 is 49.4 Å². The summed E-state index contributed by atoms with van der Waals surface area (Å²) in [4.78, 5) is 32.8. The summed E-state index contributed by atoms with van der Waals surface area (Å²) in [5.74, 6) is 3.59. The van der Waals surface area contributed by atoms with Crippen LogP contribution in [0.4, 0.5) is 74.2 Å². The molecule has 0 amide bonds. The molecule has 0 fully saturated rings. The van der Waals surface area contributed by atoms with Crippen LogP contribution in [0.5, 0.6) is 0 Å². The molecule has 6 aromatic carbocycles. The maximum Gasteiger partial charge on any atom is 0.130 e.